The number of allylic oxidation sites excluding steroid dienone is 2. The van der Waals surface area contributed by atoms with Gasteiger partial charge in [0.05, 0.1) is 27.6 Å². The molecule has 0 spiro atoms. The zero-order chi connectivity index (χ0) is 22.9. The van der Waals surface area contributed by atoms with E-state index >= 15 is 0 Å². The van der Waals surface area contributed by atoms with Gasteiger partial charge in [0.1, 0.15) is 0 Å². The Balaban J connectivity index is 3.79. The number of rotatable bonds is 20. The fourth-order valence-corrected chi connectivity index (χ4v) is 3.97. The van der Waals surface area contributed by atoms with Crippen molar-refractivity contribution in [1.82, 2.24) is 0 Å². The van der Waals surface area contributed by atoms with Gasteiger partial charge in [-0.1, -0.05) is 83.3 Å². The first-order chi connectivity index (χ1) is 14.1. The van der Waals surface area contributed by atoms with Crippen LogP contribution in [0.25, 0.3) is 0 Å². The highest BCUT2D eigenvalue weighted by atomic mass is 16.4. The first-order valence-corrected chi connectivity index (χ1v) is 12.2. The second-order valence-corrected chi connectivity index (χ2v) is 9.85. The van der Waals surface area contributed by atoms with Crippen molar-refractivity contribution in [2.45, 2.75) is 121 Å². The van der Waals surface area contributed by atoms with Gasteiger partial charge in [-0.15, -0.1) is 0 Å². The number of aliphatic hydroxyl groups excluding tert-OH is 1. The summed E-state index contributed by atoms with van der Waals surface area (Å²) in [6, 6.07) is 0. The Hall–Kier alpha value is -0.910. The molecule has 30 heavy (non-hydrogen) atoms. The molecule has 178 valence electrons. The van der Waals surface area contributed by atoms with Crippen LogP contribution in [0.4, 0.5) is 0 Å². The minimum Gasteiger partial charge on any atom is -0.481 e. The van der Waals surface area contributed by atoms with Gasteiger partial charge >= 0.3 is 5.97 Å². The first kappa shape index (κ1) is 29.1. The number of aliphatic carboxylic acids is 1. The molecule has 5 nitrogen and oxygen atoms in total. The van der Waals surface area contributed by atoms with E-state index in [9.17, 15) is 15.0 Å². The summed E-state index contributed by atoms with van der Waals surface area (Å²) in [5.74, 6) is -1.07. The summed E-state index contributed by atoms with van der Waals surface area (Å²) < 4.78 is 0.121. The summed E-state index contributed by atoms with van der Waals surface area (Å²) in [7, 11) is 5.29. The Morgan fingerprint density at radius 1 is 0.833 bits per heavy atom. The van der Waals surface area contributed by atoms with Crippen LogP contribution in [0, 0.1) is 0 Å². The minimum absolute atomic E-state index is 0.121. The predicted octanol–water partition coefficient (Wildman–Crippen LogP) is 5.64. The molecule has 0 saturated heterocycles. The summed E-state index contributed by atoms with van der Waals surface area (Å²) in [4.78, 5) is 11.1. The van der Waals surface area contributed by atoms with Crippen molar-refractivity contribution in [1.29, 1.82) is 0 Å². The summed E-state index contributed by atoms with van der Waals surface area (Å²) in [6.45, 7) is 2.25. The Morgan fingerprint density at radius 3 is 1.70 bits per heavy atom. The van der Waals surface area contributed by atoms with Crippen LogP contribution in [0.2, 0.25) is 0 Å². The monoisotopic (exact) mass is 428 g/mol. The van der Waals surface area contributed by atoms with Gasteiger partial charge in [-0.25, -0.2) is 0 Å². The zero-order valence-electron chi connectivity index (χ0n) is 20.2. The van der Waals surface area contributed by atoms with E-state index in [2.05, 4.69) is 19.1 Å². The van der Waals surface area contributed by atoms with Crippen molar-refractivity contribution in [2.24, 2.45) is 0 Å². The number of carboxylic acid groups (broad SMARTS) is 1. The maximum atomic E-state index is 11.1. The molecule has 0 aromatic rings. The lowest BCUT2D eigenvalue weighted by Crippen LogP contribution is -2.59. The molecule has 0 radical (unpaired) electrons. The number of carbonyl (C=O) groups is 1. The fourth-order valence-electron chi connectivity index (χ4n) is 3.97. The molecule has 0 aliphatic carbocycles. The van der Waals surface area contributed by atoms with Crippen molar-refractivity contribution in [3.8, 4) is 0 Å². The molecule has 0 aromatic carbocycles. The van der Waals surface area contributed by atoms with Gasteiger partial charge in [0.2, 0.25) is 6.23 Å². The molecular formula is C25H50NO4+. The molecule has 2 atom stereocenters. The molecule has 0 heterocycles. The quantitative estimate of drug-likeness (QED) is 0.101. The van der Waals surface area contributed by atoms with Gasteiger partial charge in [-0.2, -0.15) is 0 Å². The van der Waals surface area contributed by atoms with Crippen LogP contribution in [-0.2, 0) is 4.79 Å². The second kappa shape index (κ2) is 16.7. The van der Waals surface area contributed by atoms with E-state index in [-0.39, 0.29) is 4.48 Å². The predicted molar refractivity (Wildman–Crippen MR) is 125 cm³/mol. The topological polar surface area (TPSA) is 77.8 Å². The largest absolute Gasteiger partial charge is 0.481 e. The van der Waals surface area contributed by atoms with E-state index in [4.69, 9.17) is 5.11 Å². The van der Waals surface area contributed by atoms with Crippen LogP contribution in [0.1, 0.15) is 110 Å². The first-order valence-electron chi connectivity index (χ1n) is 12.2. The van der Waals surface area contributed by atoms with Crippen LogP contribution in [0.5, 0.6) is 0 Å². The Morgan fingerprint density at radius 2 is 1.27 bits per heavy atom. The zero-order valence-corrected chi connectivity index (χ0v) is 20.2. The van der Waals surface area contributed by atoms with E-state index in [1.165, 1.54) is 64.2 Å². The average molecular weight is 429 g/mol. The SMILES string of the molecule is CCCCCCCC/C=C\CCCCCCCC[C@@](O)(CC(=O)O)C(O)[N+](C)(C)C. The number of carboxylic acids is 1. The molecule has 0 saturated carbocycles. The number of aliphatic hydroxyl groups is 2. The molecule has 0 rings (SSSR count). The normalized spacial score (nSPS) is 15.4. The lowest BCUT2D eigenvalue weighted by atomic mass is 9.89. The lowest BCUT2D eigenvalue weighted by molar-refractivity contribution is -0.927. The van der Waals surface area contributed by atoms with E-state index in [1.807, 2.05) is 0 Å². The third-order valence-electron chi connectivity index (χ3n) is 5.79. The summed E-state index contributed by atoms with van der Waals surface area (Å²) in [6.07, 6.45) is 20.3. The molecular weight excluding hydrogens is 378 g/mol. The highest BCUT2D eigenvalue weighted by molar-refractivity contribution is 5.68. The third-order valence-corrected chi connectivity index (χ3v) is 5.79. The van der Waals surface area contributed by atoms with Gasteiger partial charge in [-0.3, -0.25) is 4.79 Å². The molecule has 0 fully saturated rings. The summed E-state index contributed by atoms with van der Waals surface area (Å²) >= 11 is 0. The van der Waals surface area contributed by atoms with E-state index < -0.39 is 24.2 Å². The summed E-state index contributed by atoms with van der Waals surface area (Å²) in [5, 5.41) is 30.3. The molecule has 1 unspecified atom stereocenters. The van der Waals surface area contributed by atoms with Crippen molar-refractivity contribution < 1.29 is 24.6 Å². The van der Waals surface area contributed by atoms with Crippen LogP contribution in [0.15, 0.2) is 12.2 Å². The number of unbranched alkanes of at least 4 members (excludes halogenated alkanes) is 12. The number of hydrogen-bond donors (Lipinski definition) is 3. The number of nitrogens with zero attached hydrogens (tertiary/aromatic N) is 1. The smallest absolute Gasteiger partial charge is 0.306 e. The van der Waals surface area contributed by atoms with E-state index in [1.54, 1.807) is 21.1 Å². The summed E-state index contributed by atoms with van der Waals surface area (Å²) in [5.41, 5.74) is -1.58. The maximum Gasteiger partial charge on any atom is 0.306 e. The molecule has 5 heteroatoms. The van der Waals surface area contributed by atoms with Crippen LogP contribution in [0.3, 0.4) is 0 Å². The highest BCUT2D eigenvalue weighted by Crippen LogP contribution is 2.27. The fraction of sp³-hybridized carbons (Fsp3) is 0.880. The molecule has 3 N–H and O–H groups in total. The van der Waals surface area contributed by atoms with Crippen molar-refractivity contribution in [3.05, 3.63) is 12.2 Å². The van der Waals surface area contributed by atoms with Gasteiger partial charge in [0.15, 0.2) is 5.60 Å². The van der Waals surface area contributed by atoms with Crippen molar-refractivity contribution in [2.75, 3.05) is 21.1 Å². The lowest BCUT2D eigenvalue weighted by Gasteiger charge is -2.40. The average Bonchev–Trinajstić information content (AvgIpc) is 2.65. The maximum absolute atomic E-state index is 11.1. The van der Waals surface area contributed by atoms with E-state index in [0.717, 1.165) is 25.7 Å². The van der Waals surface area contributed by atoms with Crippen molar-refractivity contribution in [3.63, 3.8) is 0 Å². The molecule has 0 aliphatic heterocycles. The van der Waals surface area contributed by atoms with Gasteiger partial charge in [-0.05, 0) is 32.1 Å². The molecule has 0 bridgehead atoms. The number of hydrogen-bond acceptors (Lipinski definition) is 3. The Labute approximate surface area is 185 Å². The Kier molecular flexibility index (Phi) is 16.2. The molecule has 0 aliphatic rings. The van der Waals surface area contributed by atoms with Crippen LogP contribution < -0.4 is 0 Å². The molecule has 0 amide bonds. The molecule has 0 aromatic heterocycles. The highest BCUT2D eigenvalue weighted by Gasteiger charge is 2.45. The number of quaternary nitrogens is 1. The van der Waals surface area contributed by atoms with Gasteiger partial charge in [0.25, 0.3) is 0 Å². The van der Waals surface area contributed by atoms with Crippen LogP contribution in [-0.4, -0.2) is 58.7 Å². The third kappa shape index (κ3) is 15.0. The van der Waals surface area contributed by atoms with Crippen LogP contribution >= 0.6 is 0 Å². The van der Waals surface area contributed by atoms with Gasteiger partial charge in [0, 0.05) is 0 Å². The Bertz CT molecular complexity index is 459. The second-order valence-electron chi connectivity index (χ2n) is 9.85. The van der Waals surface area contributed by atoms with E-state index in [0.29, 0.717) is 6.42 Å². The minimum atomic E-state index is -1.58. The van der Waals surface area contributed by atoms with Crippen molar-refractivity contribution >= 4 is 5.97 Å². The standard InChI is InChI=1S/C25H49NO4/c1-5-6-7-8-9-10-11-12-13-14-15-16-17-18-19-20-21-25(30,22-23(27)28)24(29)26(2,3)4/h12-13,24,29-30H,5-11,14-22H2,1-4H3/p+1/b13-12-/t24?,25-/m1/s1. The number of likely N-dealkylation sites (N-methyl/N-ethyl adjacent to an activating group) is 1. The van der Waals surface area contributed by atoms with Gasteiger partial charge < -0.3 is 19.8 Å².